The van der Waals surface area contributed by atoms with E-state index in [1.807, 2.05) is 29.2 Å². The van der Waals surface area contributed by atoms with Crippen LogP contribution in [-0.4, -0.2) is 54.9 Å². The summed E-state index contributed by atoms with van der Waals surface area (Å²) in [5.74, 6) is 0.0548. The van der Waals surface area contributed by atoms with Crippen LogP contribution in [0.2, 0.25) is 0 Å². The number of methoxy groups -OCH3 is 1. The fourth-order valence-electron chi connectivity index (χ4n) is 3.53. The van der Waals surface area contributed by atoms with E-state index < -0.39 is 5.82 Å². The van der Waals surface area contributed by atoms with Gasteiger partial charge >= 0.3 is 0 Å². The fourth-order valence-corrected chi connectivity index (χ4v) is 4.33. The van der Waals surface area contributed by atoms with E-state index in [0.717, 1.165) is 16.3 Å². The minimum atomic E-state index is -0.420. The Kier molecular flexibility index (Phi) is 5.99. The van der Waals surface area contributed by atoms with E-state index >= 15 is 0 Å². The van der Waals surface area contributed by atoms with E-state index in [0.29, 0.717) is 43.1 Å². The highest BCUT2D eigenvalue weighted by Crippen LogP contribution is 2.27. The molecule has 0 aliphatic carbocycles. The Hall–Kier alpha value is -3.26. The maximum absolute atomic E-state index is 14.4. The fraction of sp³-hybridized carbons (Fsp3) is 0.261. The lowest BCUT2D eigenvalue weighted by molar-refractivity contribution is 0.0741. The molecule has 0 saturated carbocycles. The van der Waals surface area contributed by atoms with Gasteiger partial charge in [0.1, 0.15) is 22.3 Å². The van der Waals surface area contributed by atoms with E-state index in [1.54, 1.807) is 29.5 Å². The predicted molar refractivity (Wildman–Crippen MR) is 119 cm³/mol. The van der Waals surface area contributed by atoms with Crippen LogP contribution in [0.3, 0.4) is 0 Å². The number of ether oxygens (including phenoxy) is 1. The molecule has 1 aliphatic heterocycles. The molecule has 2 heterocycles. The minimum absolute atomic E-state index is 0.122. The summed E-state index contributed by atoms with van der Waals surface area (Å²) in [6.45, 7) is 3.39. The third-order valence-corrected chi connectivity index (χ3v) is 6.21. The van der Waals surface area contributed by atoms with Gasteiger partial charge in [0.05, 0.1) is 12.8 Å². The number of rotatable bonds is 5. The van der Waals surface area contributed by atoms with Crippen molar-refractivity contribution in [2.45, 2.75) is 6.92 Å². The highest BCUT2D eigenvalue weighted by Gasteiger charge is 2.25. The van der Waals surface area contributed by atoms with E-state index in [4.69, 9.17) is 4.74 Å². The summed E-state index contributed by atoms with van der Waals surface area (Å²) in [7, 11) is 1.62. The van der Waals surface area contributed by atoms with E-state index in [9.17, 15) is 14.0 Å². The van der Waals surface area contributed by atoms with E-state index in [1.165, 1.54) is 24.3 Å². The molecular formula is C23H22FN3O3S. The standard InChI is InChI=1S/C23H22FN3O3S/c1-15(28)17-5-8-21(19(24)13-17)26-9-11-27(12-10-26)23(29)20-14-31-22(25-20)16-3-6-18(30-2)7-4-16/h3-8,13-14H,9-12H2,1-2H3. The Morgan fingerprint density at radius 1 is 1.06 bits per heavy atom. The molecule has 0 radical (unpaired) electrons. The number of carbonyl (C=O) groups is 2. The number of hydrogen-bond donors (Lipinski definition) is 0. The SMILES string of the molecule is COc1ccc(-c2nc(C(=O)N3CCN(c4ccc(C(C)=O)cc4F)CC3)cs2)cc1. The number of benzene rings is 2. The summed E-state index contributed by atoms with van der Waals surface area (Å²) in [5, 5.41) is 2.55. The first-order valence-corrected chi connectivity index (χ1v) is 10.8. The molecule has 160 valence electrons. The van der Waals surface area contributed by atoms with Crippen molar-refractivity contribution in [3.05, 3.63) is 64.9 Å². The maximum Gasteiger partial charge on any atom is 0.273 e. The number of ketones is 1. The summed E-state index contributed by atoms with van der Waals surface area (Å²) in [6.07, 6.45) is 0. The van der Waals surface area contributed by atoms with Gasteiger partial charge in [0.15, 0.2) is 5.78 Å². The Bertz CT molecular complexity index is 1110. The van der Waals surface area contributed by atoms with Gasteiger partial charge in [0, 0.05) is 42.7 Å². The molecular weight excluding hydrogens is 417 g/mol. The zero-order valence-electron chi connectivity index (χ0n) is 17.3. The molecule has 8 heteroatoms. The monoisotopic (exact) mass is 439 g/mol. The summed E-state index contributed by atoms with van der Waals surface area (Å²) >= 11 is 1.42. The van der Waals surface area contributed by atoms with Gasteiger partial charge in [-0.15, -0.1) is 11.3 Å². The Morgan fingerprint density at radius 2 is 1.77 bits per heavy atom. The zero-order chi connectivity index (χ0) is 22.0. The molecule has 6 nitrogen and oxygen atoms in total. The third-order valence-electron chi connectivity index (χ3n) is 5.32. The van der Waals surface area contributed by atoms with Gasteiger partial charge in [0.2, 0.25) is 0 Å². The first kappa shape index (κ1) is 21.0. The summed E-state index contributed by atoms with van der Waals surface area (Å²) in [6, 6.07) is 12.1. The van der Waals surface area contributed by atoms with Crippen molar-refractivity contribution in [3.63, 3.8) is 0 Å². The van der Waals surface area contributed by atoms with Crippen LogP contribution in [0.15, 0.2) is 47.8 Å². The lowest BCUT2D eigenvalue weighted by Gasteiger charge is -2.36. The van der Waals surface area contributed by atoms with Crippen molar-refractivity contribution in [2.24, 2.45) is 0 Å². The largest absolute Gasteiger partial charge is 0.497 e. The van der Waals surface area contributed by atoms with Crippen molar-refractivity contribution < 1.29 is 18.7 Å². The highest BCUT2D eigenvalue weighted by molar-refractivity contribution is 7.13. The molecule has 0 spiro atoms. The lowest BCUT2D eigenvalue weighted by atomic mass is 10.1. The maximum atomic E-state index is 14.4. The number of aromatic nitrogens is 1. The number of hydrogen-bond acceptors (Lipinski definition) is 6. The van der Waals surface area contributed by atoms with Crippen LogP contribution in [0, 0.1) is 5.82 Å². The lowest BCUT2D eigenvalue weighted by Crippen LogP contribution is -2.49. The topological polar surface area (TPSA) is 62.7 Å². The van der Waals surface area contributed by atoms with Crippen LogP contribution in [0.25, 0.3) is 10.6 Å². The molecule has 0 N–H and O–H groups in total. The van der Waals surface area contributed by atoms with Gasteiger partial charge in [-0.2, -0.15) is 0 Å². The second-order valence-corrected chi connectivity index (χ2v) is 8.13. The Morgan fingerprint density at radius 3 is 2.39 bits per heavy atom. The van der Waals surface area contributed by atoms with Crippen molar-refractivity contribution in [3.8, 4) is 16.3 Å². The molecule has 1 saturated heterocycles. The van der Waals surface area contributed by atoms with E-state index in [2.05, 4.69) is 4.98 Å². The quantitative estimate of drug-likeness (QED) is 0.560. The molecule has 1 fully saturated rings. The van der Waals surface area contributed by atoms with Crippen LogP contribution < -0.4 is 9.64 Å². The van der Waals surface area contributed by atoms with Gasteiger partial charge in [0.25, 0.3) is 5.91 Å². The van der Waals surface area contributed by atoms with Crippen LogP contribution in [0.4, 0.5) is 10.1 Å². The van der Waals surface area contributed by atoms with Gasteiger partial charge in [-0.1, -0.05) is 0 Å². The number of halogens is 1. The highest BCUT2D eigenvalue weighted by atomic mass is 32.1. The van der Waals surface area contributed by atoms with Crippen molar-refractivity contribution in [2.75, 3.05) is 38.2 Å². The van der Waals surface area contributed by atoms with Crippen LogP contribution >= 0.6 is 11.3 Å². The molecule has 1 aliphatic rings. The molecule has 31 heavy (non-hydrogen) atoms. The second kappa shape index (κ2) is 8.85. The molecule has 4 rings (SSSR count). The number of anilines is 1. The Balaban J connectivity index is 1.40. The molecule has 1 amide bonds. The van der Waals surface area contributed by atoms with Crippen LogP contribution in [-0.2, 0) is 0 Å². The van der Waals surface area contributed by atoms with Gasteiger partial charge < -0.3 is 14.5 Å². The number of nitrogens with zero attached hydrogens (tertiary/aromatic N) is 3. The van der Waals surface area contributed by atoms with Crippen molar-refractivity contribution in [1.82, 2.24) is 9.88 Å². The van der Waals surface area contributed by atoms with Crippen LogP contribution in [0.1, 0.15) is 27.8 Å². The molecule has 0 bridgehead atoms. The van der Waals surface area contributed by atoms with Gasteiger partial charge in [-0.05, 0) is 49.4 Å². The second-order valence-electron chi connectivity index (χ2n) is 7.27. The first-order valence-electron chi connectivity index (χ1n) is 9.91. The normalized spacial score (nSPS) is 13.9. The number of carbonyl (C=O) groups excluding carboxylic acids is 2. The molecule has 0 unspecified atom stereocenters. The van der Waals surface area contributed by atoms with Gasteiger partial charge in [-0.3, -0.25) is 9.59 Å². The number of piperazine rings is 1. The summed E-state index contributed by atoms with van der Waals surface area (Å²) < 4.78 is 19.6. The van der Waals surface area contributed by atoms with Crippen LogP contribution in [0.5, 0.6) is 5.75 Å². The first-order chi connectivity index (χ1) is 15.0. The number of thiazole rings is 1. The molecule has 2 aromatic carbocycles. The average Bonchev–Trinajstić information content (AvgIpc) is 3.29. The predicted octanol–water partition coefficient (Wildman–Crippen LogP) is 4.12. The van der Waals surface area contributed by atoms with Gasteiger partial charge in [-0.25, -0.2) is 9.37 Å². The average molecular weight is 440 g/mol. The zero-order valence-corrected chi connectivity index (χ0v) is 18.1. The molecule has 1 aromatic heterocycles. The number of Topliss-reactive ketones (excluding diaryl/α,β-unsaturated/α-hetero) is 1. The third kappa shape index (κ3) is 4.44. The van der Waals surface area contributed by atoms with Crippen molar-refractivity contribution in [1.29, 1.82) is 0 Å². The van der Waals surface area contributed by atoms with E-state index in [-0.39, 0.29) is 11.7 Å². The summed E-state index contributed by atoms with van der Waals surface area (Å²) in [4.78, 5) is 32.5. The summed E-state index contributed by atoms with van der Waals surface area (Å²) in [5.41, 5.74) is 2.15. The molecule has 0 atom stereocenters. The Labute approximate surface area is 183 Å². The smallest absolute Gasteiger partial charge is 0.273 e. The number of amides is 1. The molecule has 3 aromatic rings. The minimum Gasteiger partial charge on any atom is -0.497 e. The van der Waals surface area contributed by atoms with Crippen molar-refractivity contribution >= 4 is 28.7 Å².